The fourth-order valence-corrected chi connectivity index (χ4v) is 5.53. The Morgan fingerprint density at radius 3 is 1.68 bits per heavy atom. The molecule has 1 fully saturated rings. The van der Waals surface area contributed by atoms with Gasteiger partial charge in [-0.1, -0.05) is 25.0 Å². The first-order valence-electron chi connectivity index (χ1n) is 7.59. The highest BCUT2D eigenvalue weighted by Crippen LogP contribution is 2.60. The largest absolute Gasteiger partial charge is 0.294 e. The monoisotopic (exact) mass is 256 g/mol. The van der Waals surface area contributed by atoms with Crippen molar-refractivity contribution < 1.29 is 9.59 Å². The summed E-state index contributed by atoms with van der Waals surface area (Å²) in [6.07, 6.45) is 6.93. The van der Waals surface area contributed by atoms with Gasteiger partial charge in [0.05, 0.1) is 0 Å². The Morgan fingerprint density at radius 1 is 0.842 bits per heavy atom. The van der Waals surface area contributed by atoms with Gasteiger partial charge in [-0.15, -0.1) is 0 Å². The molecule has 4 aliphatic rings. The molecule has 0 amide bonds. The molecular formula is C17H20O2. The van der Waals surface area contributed by atoms with Crippen LogP contribution in [0.15, 0.2) is 23.3 Å². The summed E-state index contributed by atoms with van der Waals surface area (Å²) in [5.74, 6) is 2.20. The first-order chi connectivity index (χ1) is 9.09. The van der Waals surface area contributed by atoms with Gasteiger partial charge >= 0.3 is 0 Å². The molecule has 4 rings (SSSR count). The van der Waals surface area contributed by atoms with Crippen LogP contribution in [-0.2, 0) is 9.59 Å². The minimum Gasteiger partial charge on any atom is -0.294 e. The van der Waals surface area contributed by atoms with Crippen molar-refractivity contribution in [2.75, 3.05) is 0 Å². The van der Waals surface area contributed by atoms with Gasteiger partial charge < -0.3 is 0 Å². The van der Waals surface area contributed by atoms with Crippen LogP contribution in [0.25, 0.3) is 0 Å². The van der Waals surface area contributed by atoms with Crippen LogP contribution in [0.5, 0.6) is 0 Å². The molecule has 2 heteroatoms. The summed E-state index contributed by atoms with van der Waals surface area (Å²) in [5, 5.41) is 0. The zero-order chi connectivity index (χ0) is 13.3. The van der Waals surface area contributed by atoms with Gasteiger partial charge in [0.15, 0.2) is 11.6 Å². The maximum atomic E-state index is 12.3. The highest BCUT2D eigenvalue weighted by atomic mass is 16.1. The van der Waals surface area contributed by atoms with Crippen molar-refractivity contribution in [2.24, 2.45) is 35.5 Å². The fourth-order valence-electron chi connectivity index (χ4n) is 5.53. The third-order valence-electron chi connectivity index (χ3n) is 6.16. The van der Waals surface area contributed by atoms with Crippen LogP contribution < -0.4 is 0 Å². The Labute approximate surface area is 113 Å². The Hall–Kier alpha value is -1.18. The number of ketones is 2. The number of rotatable bonds is 0. The van der Waals surface area contributed by atoms with Gasteiger partial charge in [0.1, 0.15) is 0 Å². The average Bonchev–Trinajstić information content (AvgIpc) is 2.99. The first kappa shape index (κ1) is 11.6. The number of carbonyl (C=O) groups excluding carboxylic acids is 2. The summed E-state index contributed by atoms with van der Waals surface area (Å²) in [6, 6.07) is 0. The summed E-state index contributed by atoms with van der Waals surface area (Å²) >= 11 is 0. The van der Waals surface area contributed by atoms with E-state index in [1.165, 1.54) is 31.4 Å². The van der Waals surface area contributed by atoms with Crippen molar-refractivity contribution in [3.63, 3.8) is 0 Å². The summed E-state index contributed by atoms with van der Waals surface area (Å²) in [7, 11) is 0. The molecule has 0 aromatic heterocycles. The maximum absolute atomic E-state index is 12.3. The summed E-state index contributed by atoms with van der Waals surface area (Å²) in [6.45, 7) is 4.37. The van der Waals surface area contributed by atoms with E-state index < -0.39 is 0 Å². The molecule has 19 heavy (non-hydrogen) atoms. The summed E-state index contributed by atoms with van der Waals surface area (Å²) in [5.41, 5.74) is 3.14. The van der Waals surface area contributed by atoms with E-state index in [-0.39, 0.29) is 35.2 Å². The molecular weight excluding hydrogens is 236 g/mol. The number of allylic oxidation sites excluding steroid dienone is 4. The van der Waals surface area contributed by atoms with Crippen LogP contribution >= 0.6 is 0 Å². The molecule has 0 aromatic carbocycles. The zero-order valence-electron chi connectivity index (χ0n) is 11.6. The molecule has 0 aromatic rings. The fraction of sp³-hybridized carbons (Fsp3) is 0.647. The smallest absolute Gasteiger partial charge is 0.160 e. The number of fused-ring (bicyclic) bond motifs is 5. The minimum atomic E-state index is -0.0781. The second kappa shape index (κ2) is 3.68. The number of carbonyl (C=O) groups is 2. The van der Waals surface area contributed by atoms with E-state index in [9.17, 15) is 9.59 Å². The first-order valence-corrected chi connectivity index (χ1v) is 7.59. The molecule has 0 radical (unpaired) electrons. The lowest BCUT2D eigenvalue weighted by atomic mass is 9.58. The van der Waals surface area contributed by atoms with Crippen molar-refractivity contribution in [2.45, 2.75) is 33.1 Å². The molecule has 4 aliphatic carbocycles. The molecule has 0 N–H and O–H groups in total. The van der Waals surface area contributed by atoms with Gasteiger partial charge in [0, 0.05) is 11.8 Å². The van der Waals surface area contributed by atoms with E-state index in [1.54, 1.807) is 11.1 Å². The van der Waals surface area contributed by atoms with Crippen molar-refractivity contribution in [3.05, 3.63) is 23.3 Å². The van der Waals surface area contributed by atoms with Gasteiger partial charge in [-0.05, 0) is 55.1 Å². The third-order valence-corrected chi connectivity index (χ3v) is 6.16. The molecule has 1 saturated carbocycles. The Morgan fingerprint density at radius 2 is 1.26 bits per heavy atom. The van der Waals surface area contributed by atoms with E-state index >= 15 is 0 Å². The minimum absolute atomic E-state index is 0.0781. The molecule has 0 aliphatic heterocycles. The summed E-state index contributed by atoms with van der Waals surface area (Å²) in [4.78, 5) is 24.5. The van der Waals surface area contributed by atoms with E-state index in [1.807, 2.05) is 0 Å². The van der Waals surface area contributed by atoms with Crippen LogP contribution in [0.2, 0.25) is 0 Å². The lowest BCUT2D eigenvalue weighted by molar-refractivity contribution is -0.132. The predicted molar refractivity (Wildman–Crippen MR) is 72.3 cm³/mol. The second-order valence-electron chi connectivity index (χ2n) is 6.88. The lowest BCUT2D eigenvalue weighted by Gasteiger charge is -2.44. The van der Waals surface area contributed by atoms with Crippen molar-refractivity contribution >= 4 is 11.6 Å². The Bertz CT molecular complexity index is 493. The molecule has 0 unspecified atom stereocenters. The topological polar surface area (TPSA) is 34.1 Å². The van der Waals surface area contributed by atoms with E-state index in [0.717, 1.165) is 0 Å². The SMILES string of the molecule is C[C@@H]1C2=C([C@H]3CC[C@H]2C3)[C@H](C)[C@@H]2C(=O)C=CC(=O)[C@H]21. The highest BCUT2D eigenvalue weighted by Gasteiger charge is 2.54. The molecule has 0 saturated heterocycles. The van der Waals surface area contributed by atoms with Gasteiger partial charge in [0.25, 0.3) is 0 Å². The highest BCUT2D eigenvalue weighted by molar-refractivity contribution is 6.08. The van der Waals surface area contributed by atoms with Gasteiger partial charge in [-0.3, -0.25) is 9.59 Å². The van der Waals surface area contributed by atoms with E-state index in [4.69, 9.17) is 0 Å². The molecule has 100 valence electrons. The zero-order valence-corrected chi connectivity index (χ0v) is 11.6. The molecule has 0 spiro atoms. The third kappa shape index (κ3) is 1.32. The van der Waals surface area contributed by atoms with E-state index in [2.05, 4.69) is 13.8 Å². The average molecular weight is 256 g/mol. The van der Waals surface area contributed by atoms with Crippen LogP contribution in [0.1, 0.15) is 33.1 Å². The molecule has 2 bridgehead atoms. The normalized spacial score (nSPS) is 47.7. The van der Waals surface area contributed by atoms with Crippen molar-refractivity contribution in [1.82, 2.24) is 0 Å². The molecule has 0 heterocycles. The summed E-state index contributed by atoms with van der Waals surface area (Å²) < 4.78 is 0. The number of hydrogen-bond acceptors (Lipinski definition) is 2. The second-order valence-corrected chi connectivity index (χ2v) is 6.88. The molecule has 2 nitrogen and oxygen atoms in total. The van der Waals surface area contributed by atoms with Gasteiger partial charge in [-0.2, -0.15) is 0 Å². The van der Waals surface area contributed by atoms with E-state index in [0.29, 0.717) is 11.8 Å². The lowest BCUT2D eigenvalue weighted by Crippen LogP contribution is -2.45. The number of hydrogen-bond donors (Lipinski definition) is 0. The van der Waals surface area contributed by atoms with Gasteiger partial charge in [-0.25, -0.2) is 0 Å². The Kier molecular flexibility index (Phi) is 2.25. The van der Waals surface area contributed by atoms with Crippen molar-refractivity contribution in [3.8, 4) is 0 Å². The van der Waals surface area contributed by atoms with Crippen LogP contribution in [0.4, 0.5) is 0 Å². The van der Waals surface area contributed by atoms with Gasteiger partial charge in [0.2, 0.25) is 0 Å². The Balaban J connectivity index is 1.86. The molecule has 6 atom stereocenters. The van der Waals surface area contributed by atoms with Crippen LogP contribution in [0, 0.1) is 35.5 Å². The van der Waals surface area contributed by atoms with Crippen LogP contribution in [-0.4, -0.2) is 11.6 Å². The quantitative estimate of drug-likeness (QED) is 0.624. The standard InChI is InChI=1S/C17H20O2/c1-8-14-10-3-4-11(7-10)15(14)9(2)17-13(19)6-5-12(18)16(8)17/h5-6,8-11,16-17H,3-4,7H2,1-2H3/t8-,9+,10-,11-,16+,17+/m0/s1. The maximum Gasteiger partial charge on any atom is 0.160 e. The predicted octanol–water partition coefficient (Wildman–Crippen LogP) is 2.94. The van der Waals surface area contributed by atoms with Crippen LogP contribution in [0.3, 0.4) is 0 Å². The van der Waals surface area contributed by atoms with Crippen molar-refractivity contribution in [1.29, 1.82) is 0 Å².